The Labute approximate surface area is 112 Å². The number of anilines is 1. The molecular weight excluding hydrogens is 252 g/mol. The maximum Gasteiger partial charge on any atom is 0.140 e. The first-order valence-electron chi connectivity index (χ1n) is 6.18. The molecule has 4 N–H and O–H groups in total. The van der Waals surface area contributed by atoms with Gasteiger partial charge in [0.2, 0.25) is 0 Å². The second-order valence-corrected chi connectivity index (χ2v) is 5.10. The summed E-state index contributed by atoms with van der Waals surface area (Å²) in [5, 5.41) is 9.87. The van der Waals surface area contributed by atoms with Crippen LogP contribution in [0.3, 0.4) is 0 Å². The Morgan fingerprint density at radius 3 is 3.11 bits per heavy atom. The van der Waals surface area contributed by atoms with Crippen LogP contribution in [0.1, 0.15) is 18.5 Å². The van der Waals surface area contributed by atoms with Crippen molar-refractivity contribution < 1.29 is 5.11 Å². The Bertz CT molecular complexity index is 402. The number of hydrazine groups is 1. The molecular formula is C12H19ClN4O. The van der Waals surface area contributed by atoms with Gasteiger partial charge in [0.15, 0.2) is 0 Å². The molecule has 1 aromatic heterocycles. The van der Waals surface area contributed by atoms with E-state index in [4.69, 9.17) is 17.4 Å². The lowest BCUT2D eigenvalue weighted by molar-refractivity contribution is 0.115. The van der Waals surface area contributed by atoms with Crippen LogP contribution < -0.4 is 11.3 Å². The summed E-state index contributed by atoms with van der Waals surface area (Å²) < 4.78 is 0. The van der Waals surface area contributed by atoms with Gasteiger partial charge in [0.05, 0.1) is 10.7 Å². The van der Waals surface area contributed by atoms with E-state index in [1.54, 1.807) is 12.1 Å². The number of nitrogens with zero attached hydrogens (tertiary/aromatic N) is 2. The zero-order valence-electron chi connectivity index (χ0n) is 10.3. The second kappa shape index (κ2) is 6.33. The van der Waals surface area contributed by atoms with Gasteiger partial charge in [-0.2, -0.15) is 0 Å². The van der Waals surface area contributed by atoms with Crippen LogP contribution in [0.2, 0.25) is 5.02 Å². The fourth-order valence-corrected chi connectivity index (χ4v) is 2.50. The molecule has 5 nitrogen and oxygen atoms in total. The molecule has 0 amide bonds. The van der Waals surface area contributed by atoms with E-state index in [2.05, 4.69) is 15.3 Å². The van der Waals surface area contributed by atoms with Crippen molar-refractivity contribution in [2.24, 2.45) is 11.8 Å². The Morgan fingerprint density at radius 2 is 2.39 bits per heavy atom. The van der Waals surface area contributed by atoms with Crippen LogP contribution in [0.15, 0.2) is 12.1 Å². The van der Waals surface area contributed by atoms with Crippen molar-refractivity contribution in [2.75, 3.05) is 25.1 Å². The summed E-state index contributed by atoms with van der Waals surface area (Å²) in [4.78, 5) is 6.64. The number of aliphatic hydroxyl groups excluding tert-OH is 1. The van der Waals surface area contributed by atoms with Crippen LogP contribution in [0, 0.1) is 5.92 Å². The molecule has 100 valence electrons. The van der Waals surface area contributed by atoms with Crippen molar-refractivity contribution >= 4 is 17.4 Å². The molecule has 1 aliphatic rings. The zero-order chi connectivity index (χ0) is 13.0. The lowest BCUT2D eigenvalue weighted by atomic mass is 9.99. The van der Waals surface area contributed by atoms with Crippen molar-refractivity contribution in [2.45, 2.75) is 19.4 Å². The summed E-state index contributed by atoms with van der Waals surface area (Å²) in [7, 11) is 0. The monoisotopic (exact) mass is 270 g/mol. The molecule has 0 saturated carbocycles. The standard InChI is InChI=1S/C12H19ClN4O/c13-10-3-4-12(16-14)15-11(10)7-17-5-1-2-9(6-17)8-18/h3-4,9,18H,1-2,5-8,14H2,(H,15,16). The number of pyridine rings is 1. The van der Waals surface area contributed by atoms with Crippen LogP contribution in [0.4, 0.5) is 5.82 Å². The number of aromatic nitrogens is 1. The molecule has 0 aromatic carbocycles. The lowest BCUT2D eigenvalue weighted by Crippen LogP contribution is -2.36. The largest absolute Gasteiger partial charge is 0.396 e. The molecule has 0 spiro atoms. The molecule has 1 aromatic rings. The van der Waals surface area contributed by atoms with Gasteiger partial charge in [-0.1, -0.05) is 11.6 Å². The molecule has 6 heteroatoms. The lowest BCUT2D eigenvalue weighted by Gasteiger charge is -2.31. The Morgan fingerprint density at radius 1 is 1.56 bits per heavy atom. The van der Waals surface area contributed by atoms with Gasteiger partial charge in [-0.3, -0.25) is 4.90 Å². The highest BCUT2D eigenvalue weighted by molar-refractivity contribution is 6.31. The van der Waals surface area contributed by atoms with Crippen molar-refractivity contribution in [3.05, 3.63) is 22.8 Å². The predicted octanol–water partition coefficient (Wildman–Crippen LogP) is 1.22. The number of hydrogen-bond acceptors (Lipinski definition) is 5. The summed E-state index contributed by atoms with van der Waals surface area (Å²) >= 11 is 6.14. The molecule has 1 unspecified atom stereocenters. The van der Waals surface area contributed by atoms with E-state index in [9.17, 15) is 5.11 Å². The van der Waals surface area contributed by atoms with E-state index >= 15 is 0 Å². The van der Waals surface area contributed by atoms with Crippen molar-refractivity contribution in [1.82, 2.24) is 9.88 Å². The second-order valence-electron chi connectivity index (χ2n) is 4.70. The van der Waals surface area contributed by atoms with Crippen molar-refractivity contribution in [3.63, 3.8) is 0 Å². The number of aliphatic hydroxyl groups is 1. The van der Waals surface area contributed by atoms with Gasteiger partial charge in [0.25, 0.3) is 0 Å². The fraction of sp³-hybridized carbons (Fsp3) is 0.583. The first-order chi connectivity index (χ1) is 8.72. The zero-order valence-corrected chi connectivity index (χ0v) is 11.0. The van der Waals surface area contributed by atoms with E-state index in [1.807, 2.05) is 0 Å². The highest BCUT2D eigenvalue weighted by Crippen LogP contribution is 2.22. The number of halogens is 1. The highest BCUT2D eigenvalue weighted by Gasteiger charge is 2.20. The first-order valence-corrected chi connectivity index (χ1v) is 6.56. The molecule has 0 bridgehead atoms. The molecule has 2 heterocycles. The number of nitrogens with one attached hydrogen (secondary N) is 1. The van der Waals surface area contributed by atoms with Crippen LogP contribution in [0.5, 0.6) is 0 Å². The number of nitrogen functional groups attached to an aromatic ring is 1. The maximum atomic E-state index is 9.22. The van der Waals surface area contributed by atoms with E-state index < -0.39 is 0 Å². The normalized spacial score (nSPS) is 20.9. The average Bonchev–Trinajstić information content (AvgIpc) is 2.41. The van der Waals surface area contributed by atoms with Gasteiger partial charge in [-0.25, -0.2) is 10.8 Å². The molecule has 0 radical (unpaired) electrons. The average molecular weight is 271 g/mol. The fourth-order valence-electron chi connectivity index (χ4n) is 2.33. The van der Waals surface area contributed by atoms with Crippen LogP contribution in [-0.4, -0.2) is 34.7 Å². The third-order valence-electron chi connectivity index (χ3n) is 3.30. The summed E-state index contributed by atoms with van der Waals surface area (Å²) in [5.41, 5.74) is 3.35. The van der Waals surface area contributed by atoms with Gasteiger partial charge in [0, 0.05) is 19.7 Å². The minimum atomic E-state index is 0.252. The molecule has 1 saturated heterocycles. The number of rotatable bonds is 4. The van der Waals surface area contributed by atoms with Gasteiger partial charge in [-0.05, 0) is 37.4 Å². The summed E-state index contributed by atoms with van der Waals surface area (Å²) in [6, 6.07) is 3.55. The van der Waals surface area contributed by atoms with E-state index in [1.165, 1.54) is 0 Å². The number of likely N-dealkylation sites (tertiary alicyclic amines) is 1. The molecule has 0 aliphatic carbocycles. The Kier molecular flexibility index (Phi) is 4.77. The summed E-state index contributed by atoms with van der Waals surface area (Å²) in [6.45, 7) is 2.87. The molecule has 2 rings (SSSR count). The minimum Gasteiger partial charge on any atom is -0.396 e. The third kappa shape index (κ3) is 3.32. The first kappa shape index (κ1) is 13.5. The summed E-state index contributed by atoms with van der Waals surface area (Å²) in [5.74, 6) is 6.33. The van der Waals surface area contributed by atoms with Crippen molar-refractivity contribution in [3.8, 4) is 0 Å². The van der Waals surface area contributed by atoms with Crippen LogP contribution >= 0.6 is 11.6 Å². The van der Waals surface area contributed by atoms with Crippen LogP contribution in [-0.2, 0) is 6.54 Å². The number of nitrogens with two attached hydrogens (primary N) is 1. The maximum absolute atomic E-state index is 9.22. The number of piperidine rings is 1. The van der Waals surface area contributed by atoms with Gasteiger partial charge < -0.3 is 10.5 Å². The quantitative estimate of drug-likeness (QED) is 0.567. The third-order valence-corrected chi connectivity index (χ3v) is 3.65. The minimum absolute atomic E-state index is 0.252. The SMILES string of the molecule is NNc1ccc(Cl)c(CN2CCCC(CO)C2)n1. The topological polar surface area (TPSA) is 74.4 Å². The highest BCUT2D eigenvalue weighted by atomic mass is 35.5. The van der Waals surface area contributed by atoms with Crippen LogP contribution in [0.25, 0.3) is 0 Å². The van der Waals surface area contributed by atoms with Crippen molar-refractivity contribution in [1.29, 1.82) is 0 Å². The predicted molar refractivity (Wildman–Crippen MR) is 72.1 cm³/mol. The Hall–Kier alpha value is -0.880. The van der Waals surface area contributed by atoms with E-state index in [0.717, 1.165) is 31.6 Å². The van der Waals surface area contributed by atoms with E-state index in [0.29, 0.717) is 23.3 Å². The molecule has 18 heavy (non-hydrogen) atoms. The van der Waals surface area contributed by atoms with Gasteiger partial charge in [0.1, 0.15) is 5.82 Å². The summed E-state index contributed by atoms with van der Waals surface area (Å²) in [6.07, 6.45) is 2.20. The Balaban J connectivity index is 2.04. The molecule has 1 fully saturated rings. The van der Waals surface area contributed by atoms with Gasteiger partial charge >= 0.3 is 0 Å². The number of hydrogen-bond donors (Lipinski definition) is 3. The molecule has 1 atom stereocenters. The van der Waals surface area contributed by atoms with Gasteiger partial charge in [-0.15, -0.1) is 0 Å². The smallest absolute Gasteiger partial charge is 0.140 e. The van der Waals surface area contributed by atoms with E-state index in [-0.39, 0.29) is 6.61 Å². The molecule has 1 aliphatic heterocycles.